The van der Waals surface area contributed by atoms with Crippen molar-refractivity contribution in [2.24, 2.45) is 0 Å². The van der Waals surface area contributed by atoms with Gasteiger partial charge >= 0.3 is 0 Å². The Morgan fingerprint density at radius 3 is 2.54 bits per heavy atom. The van der Waals surface area contributed by atoms with Gasteiger partial charge in [-0.15, -0.1) is 0 Å². The molecule has 24 heavy (non-hydrogen) atoms. The molecular weight excluding hydrogens is 328 g/mol. The maximum absolute atomic E-state index is 12.3. The fourth-order valence-corrected chi connectivity index (χ4v) is 3.36. The molecule has 3 aromatic rings. The van der Waals surface area contributed by atoms with Crippen LogP contribution in [0.3, 0.4) is 0 Å². The van der Waals surface area contributed by atoms with Crippen LogP contribution < -0.4 is 10.0 Å². The Morgan fingerprint density at radius 1 is 1.08 bits per heavy atom. The third kappa shape index (κ3) is 3.04. The van der Waals surface area contributed by atoms with Crippen LogP contribution in [-0.2, 0) is 10.0 Å². The molecule has 2 aromatic carbocycles. The van der Waals surface area contributed by atoms with Crippen LogP contribution in [0.15, 0.2) is 57.8 Å². The van der Waals surface area contributed by atoms with Crippen molar-refractivity contribution in [2.45, 2.75) is 11.8 Å². The number of amides is 1. The first-order valence-corrected chi connectivity index (χ1v) is 8.73. The number of hydrogen-bond acceptors (Lipinski definition) is 4. The first kappa shape index (κ1) is 16.2. The summed E-state index contributed by atoms with van der Waals surface area (Å²) < 4.78 is 31.8. The molecule has 0 aliphatic rings. The first-order valence-electron chi connectivity index (χ1n) is 7.25. The standard InChI is InChI=1S/C17H16N2O4S/c1-11-7-8-13(10-16(11)24(21,22)18-2)19-17(20)15-9-12-5-3-4-6-14(12)23-15/h3-10,18H,1-2H3,(H,19,20). The third-order valence-corrected chi connectivity index (χ3v) is 5.21. The van der Waals surface area contributed by atoms with Gasteiger partial charge in [0.25, 0.3) is 5.91 Å². The van der Waals surface area contributed by atoms with Crippen molar-refractivity contribution in [1.29, 1.82) is 0 Å². The molecule has 0 saturated carbocycles. The second-order valence-corrected chi connectivity index (χ2v) is 7.15. The van der Waals surface area contributed by atoms with Crippen molar-refractivity contribution in [3.05, 3.63) is 59.9 Å². The summed E-state index contributed by atoms with van der Waals surface area (Å²) in [5.41, 5.74) is 1.58. The molecule has 1 amide bonds. The van der Waals surface area contributed by atoms with Crippen LogP contribution in [0.2, 0.25) is 0 Å². The van der Waals surface area contributed by atoms with Gasteiger partial charge in [0.2, 0.25) is 10.0 Å². The molecule has 0 aliphatic heterocycles. The number of fused-ring (bicyclic) bond motifs is 1. The monoisotopic (exact) mass is 344 g/mol. The van der Waals surface area contributed by atoms with Crippen LogP contribution in [0.1, 0.15) is 16.1 Å². The van der Waals surface area contributed by atoms with Gasteiger partial charge in [0.15, 0.2) is 5.76 Å². The number of nitrogens with one attached hydrogen (secondary N) is 2. The van der Waals surface area contributed by atoms with Crippen molar-refractivity contribution in [3.8, 4) is 0 Å². The van der Waals surface area contributed by atoms with Gasteiger partial charge in [-0.3, -0.25) is 4.79 Å². The lowest BCUT2D eigenvalue weighted by Crippen LogP contribution is -2.20. The van der Waals surface area contributed by atoms with E-state index in [4.69, 9.17) is 4.42 Å². The molecule has 1 aromatic heterocycles. The Kier molecular flexibility index (Phi) is 4.13. The Balaban J connectivity index is 1.90. The maximum atomic E-state index is 12.3. The highest BCUT2D eigenvalue weighted by atomic mass is 32.2. The lowest BCUT2D eigenvalue weighted by Gasteiger charge is -2.09. The second kappa shape index (κ2) is 6.10. The maximum Gasteiger partial charge on any atom is 0.291 e. The number of furan rings is 1. The van der Waals surface area contributed by atoms with Crippen molar-refractivity contribution >= 4 is 32.6 Å². The largest absolute Gasteiger partial charge is 0.451 e. The van der Waals surface area contributed by atoms with Gasteiger partial charge in [0.05, 0.1) is 4.90 Å². The summed E-state index contributed by atoms with van der Waals surface area (Å²) in [5, 5.41) is 3.48. The van der Waals surface area contributed by atoms with E-state index in [0.29, 0.717) is 16.8 Å². The minimum Gasteiger partial charge on any atom is -0.451 e. The molecule has 0 aliphatic carbocycles. The third-order valence-electron chi connectivity index (χ3n) is 3.65. The minimum atomic E-state index is -3.60. The summed E-state index contributed by atoms with van der Waals surface area (Å²) in [4.78, 5) is 12.4. The molecular formula is C17H16N2O4S. The fraction of sp³-hybridized carbons (Fsp3) is 0.118. The highest BCUT2D eigenvalue weighted by Gasteiger charge is 2.17. The Hall–Kier alpha value is -2.64. The number of sulfonamides is 1. The Morgan fingerprint density at radius 2 is 1.83 bits per heavy atom. The highest BCUT2D eigenvalue weighted by Crippen LogP contribution is 2.22. The zero-order chi connectivity index (χ0) is 17.3. The predicted molar refractivity (Wildman–Crippen MR) is 91.6 cm³/mol. The van der Waals surface area contributed by atoms with Crippen LogP contribution in [0.4, 0.5) is 5.69 Å². The lowest BCUT2D eigenvalue weighted by atomic mass is 10.2. The average Bonchev–Trinajstić information content (AvgIpc) is 3.00. The molecule has 0 bridgehead atoms. The van der Waals surface area contributed by atoms with Crippen molar-refractivity contribution in [1.82, 2.24) is 4.72 Å². The van der Waals surface area contributed by atoms with E-state index in [0.717, 1.165) is 5.39 Å². The number of rotatable bonds is 4. The van der Waals surface area contributed by atoms with E-state index in [1.807, 2.05) is 18.2 Å². The molecule has 0 unspecified atom stereocenters. The average molecular weight is 344 g/mol. The topological polar surface area (TPSA) is 88.4 Å². The number of carbonyl (C=O) groups is 1. The summed E-state index contributed by atoms with van der Waals surface area (Å²) in [5.74, 6) is -0.280. The van der Waals surface area contributed by atoms with Crippen molar-refractivity contribution < 1.29 is 17.6 Å². The van der Waals surface area contributed by atoms with Gasteiger partial charge < -0.3 is 9.73 Å². The van der Waals surface area contributed by atoms with Gasteiger partial charge in [-0.1, -0.05) is 24.3 Å². The molecule has 1 heterocycles. The summed E-state index contributed by atoms with van der Waals surface area (Å²) in [7, 11) is -2.26. The Labute approximate surface area is 139 Å². The fourth-order valence-electron chi connectivity index (χ4n) is 2.36. The number of aryl methyl sites for hydroxylation is 1. The van der Waals surface area contributed by atoms with E-state index in [1.54, 1.807) is 31.2 Å². The van der Waals surface area contributed by atoms with Crippen molar-refractivity contribution in [2.75, 3.05) is 12.4 Å². The van der Waals surface area contributed by atoms with E-state index in [1.165, 1.54) is 13.1 Å². The number of para-hydroxylation sites is 1. The first-order chi connectivity index (χ1) is 11.4. The molecule has 6 nitrogen and oxygen atoms in total. The number of carbonyl (C=O) groups excluding carboxylic acids is 1. The molecule has 7 heteroatoms. The van der Waals surface area contributed by atoms with Gasteiger partial charge in [-0.2, -0.15) is 0 Å². The minimum absolute atomic E-state index is 0.118. The van der Waals surface area contributed by atoms with Crippen LogP contribution in [0.25, 0.3) is 11.0 Å². The van der Waals surface area contributed by atoms with Crippen LogP contribution >= 0.6 is 0 Å². The molecule has 0 radical (unpaired) electrons. The molecule has 0 saturated heterocycles. The number of anilines is 1. The van der Waals surface area contributed by atoms with Gasteiger partial charge in [0, 0.05) is 11.1 Å². The number of hydrogen-bond donors (Lipinski definition) is 2. The molecule has 0 fully saturated rings. The highest BCUT2D eigenvalue weighted by molar-refractivity contribution is 7.89. The summed E-state index contributed by atoms with van der Waals surface area (Å²) in [6.45, 7) is 1.69. The summed E-state index contributed by atoms with van der Waals surface area (Å²) >= 11 is 0. The normalized spacial score (nSPS) is 11.6. The SMILES string of the molecule is CNS(=O)(=O)c1cc(NC(=O)c2cc3ccccc3o2)ccc1C. The van der Waals surface area contributed by atoms with E-state index < -0.39 is 15.9 Å². The van der Waals surface area contributed by atoms with E-state index >= 15 is 0 Å². The quantitative estimate of drug-likeness (QED) is 0.762. The summed E-state index contributed by atoms with van der Waals surface area (Å²) in [6.07, 6.45) is 0. The smallest absolute Gasteiger partial charge is 0.291 e. The van der Waals surface area contributed by atoms with Crippen LogP contribution in [-0.4, -0.2) is 21.4 Å². The molecule has 3 rings (SSSR count). The molecule has 124 valence electrons. The lowest BCUT2D eigenvalue weighted by molar-refractivity contribution is 0.0998. The van der Waals surface area contributed by atoms with Gasteiger partial charge in [-0.05, 0) is 43.8 Å². The van der Waals surface area contributed by atoms with E-state index in [-0.39, 0.29) is 10.7 Å². The molecule has 2 N–H and O–H groups in total. The van der Waals surface area contributed by atoms with Crippen molar-refractivity contribution in [3.63, 3.8) is 0 Å². The zero-order valence-electron chi connectivity index (χ0n) is 13.2. The van der Waals surface area contributed by atoms with Gasteiger partial charge in [-0.25, -0.2) is 13.1 Å². The molecule has 0 atom stereocenters. The zero-order valence-corrected chi connectivity index (χ0v) is 14.0. The Bertz CT molecular complexity index is 989. The predicted octanol–water partition coefficient (Wildman–Crippen LogP) is 2.90. The summed E-state index contributed by atoms with van der Waals surface area (Å²) in [6, 6.07) is 13.6. The van der Waals surface area contributed by atoms with Crippen LogP contribution in [0.5, 0.6) is 0 Å². The number of benzene rings is 2. The van der Waals surface area contributed by atoms with E-state index in [2.05, 4.69) is 10.0 Å². The molecule has 0 spiro atoms. The van der Waals surface area contributed by atoms with Gasteiger partial charge in [0.1, 0.15) is 5.58 Å². The van der Waals surface area contributed by atoms with Crippen LogP contribution in [0, 0.1) is 6.92 Å². The second-order valence-electron chi connectivity index (χ2n) is 5.29. The van der Waals surface area contributed by atoms with E-state index in [9.17, 15) is 13.2 Å².